The fourth-order valence-corrected chi connectivity index (χ4v) is 1.87. The second kappa shape index (κ2) is 11.2. The normalized spacial score (nSPS) is 10.8. The van der Waals surface area contributed by atoms with Crippen LogP contribution < -0.4 is 4.74 Å². The summed E-state index contributed by atoms with van der Waals surface area (Å²) in [6.07, 6.45) is 0. The number of ether oxygens (including phenoxy) is 4. The van der Waals surface area contributed by atoms with E-state index in [1.54, 1.807) is 19.2 Å². The van der Waals surface area contributed by atoms with Crippen LogP contribution in [0.5, 0.6) is 5.75 Å². The van der Waals surface area contributed by atoms with Crippen molar-refractivity contribution in [1.29, 1.82) is 0 Å². The van der Waals surface area contributed by atoms with Gasteiger partial charge in [-0.15, -0.1) is 11.6 Å². The Morgan fingerprint density at radius 2 is 1.60 bits per heavy atom. The second-order valence-corrected chi connectivity index (χ2v) is 4.66. The van der Waals surface area contributed by atoms with Crippen LogP contribution >= 0.6 is 23.2 Å². The molecule has 0 aliphatic heterocycles. The molecule has 0 bridgehead atoms. The topological polar surface area (TPSA) is 36.9 Å². The third-order valence-electron chi connectivity index (χ3n) is 2.46. The molecule has 0 atom stereocenters. The Morgan fingerprint density at radius 3 is 2.25 bits per heavy atom. The quantitative estimate of drug-likeness (QED) is 0.463. The minimum Gasteiger partial charge on any atom is -0.491 e. The first-order chi connectivity index (χ1) is 9.77. The van der Waals surface area contributed by atoms with E-state index in [-0.39, 0.29) is 0 Å². The summed E-state index contributed by atoms with van der Waals surface area (Å²) in [7, 11) is 1.64. The number of hydrogen-bond acceptors (Lipinski definition) is 4. The smallest absolute Gasteiger partial charge is 0.123 e. The molecule has 0 N–H and O–H groups in total. The molecule has 0 saturated carbocycles. The molecule has 6 heteroatoms. The van der Waals surface area contributed by atoms with Crippen LogP contribution in [-0.2, 0) is 20.1 Å². The standard InChI is InChI=1S/C14H20Cl2O4/c1-17-4-5-18-6-7-19-8-9-20-14-3-2-13(16)10-12(14)11-15/h2-3,10H,4-9,11H2,1H3. The highest BCUT2D eigenvalue weighted by Crippen LogP contribution is 2.24. The Balaban J connectivity index is 2.09. The van der Waals surface area contributed by atoms with Crippen LogP contribution in [0.4, 0.5) is 0 Å². The highest BCUT2D eigenvalue weighted by atomic mass is 35.5. The van der Waals surface area contributed by atoms with Crippen molar-refractivity contribution < 1.29 is 18.9 Å². The summed E-state index contributed by atoms with van der Waals surface area (Å²) >= 11 is 11.7. The fourth-order valence-electron chi connectivity index (χ4n) is 1.47. The van der Waals surface area contributed by atoms with Crippen LogP contribution in [0.1, 0.15) is 5.56 Å². The molecule has 1 aromatic carbocycles. The Labute approximate surface area is 129 Å². The van der Waals surface area contributed by atoms with Crippen molar-refractivity contribution in [2.45, 2.75) is 5.88 Å². The minimum absolute atomic E-state index is 0.365. The zero-order valence-corrected chi connectivity index (χ0v) is 13.1. The predicted molar refractivity (Wildman–Crippen MR) is 80.0 cm³/mol. The first kappa shape index (κ1) is 17.5. The average Bonchev–Trinajstić information content (AvgIpc) is 2.46. The second-order valence-electron chi connectivity index (χ2n) is 3.95. The van der Waals surface area contributed by atoms with Gasteiger partial charge in [0.1, 0.15) is 12.4 Å². The van der Waals surface area contributed by atoms with Gasteiger partial charge in [-0.05, 0) is 18.2 Å². The molecule has 20 heavy (non-hydrogen) atoms. The van der Waals surface area contributed by atoms with Gasteiger partial charge < -0.3 is 18.9 Å². The van der Waals surface area contributed by atoms with Crippen LogP contribution in [0.2, 0.25) is 5.02 Å². The number of rotatable bonds is 11. The molecule has 114 valence electrons. The van der Waals surface area contributed by atoms with Crippen LogP contribution in [0.25, 0.3) is 0 Å². The van der Waals surface area contributed by atoms with Gasteiger partial charge in [0.2, 0.25) is 0 Å². The molecule has 0 amide bonds. The molecule has 0 spiro atoms. The summed E-state index contributed by atoms with van der Waals surface area (Å²) in [4.78, 5) is 0. The van der Waals surface area contributed by atoms with Crippen molar-refractivity contribution in [1.82, 2.24) is 0 Å². The molecule has 1 rings (SSSR count). The lowest BCUT2D eigenvalue weighted by atomic mass is 10.2. The van der Waals surface area contributed by atoms with Gasteiger partial charge in [0.25, 0.3) is 0 Å². The fraction of sp³-hybridized carbons (Fsp3) is 0.571. The van der Waals surface area contributed by atoms with E-state index >= 15 is 0 Å². The van der Waals surface area contributed by atoms with E-state index < -0.39 is 0 Å². The van der Waals surface area contributed by atoms with E-state index in [1.807, 2.05) is 6.07 Å². The lowest BCUT2D eigenvalue weighted by Gasteiger charge is -2.10. The van der Waals surface area contributed by atoms with Gasteiger partial charge in [-0.25, -0.2) is 0 Å². The molecule has 0 saturated heterocycles. The predicted octanol–water partition coefficient (Wildman–Crippen LogP) is 3.14. The largest absolute Gasteiger partial charge is 0.491 e. The lowest BCUT2D eigenvalue weighted by molar-refractivity contribution is 0.0179. The summed E-state index contributed by atoms with van der Waals surface area (Å²) in [6, 6.07) is 5.39. The third kappa shape index (κ3) is 7.31. The van der Waals surface area contributed by atoms with Gasteiger partial charge in [0.05, 0.1) is 38.9 Å². The van der Waals surface area contributed by atoms with Crippen LogP contribution in [0, 0.1) is 0 Å². The molecule has 0 heterocycles. The molecule has 0 aromatic heterocycles. The molecular formula is C14H20Cl2O4. The van der Waals surface area contributed by atoms with E-state index in [0.717, 1.165) is 11.3 Å². The Bertz CT molecular complexity index is 374. The Morgan fingerprint density at radius 1 is 0.950 bits per heavy atom. The Kier molecular flexibility index (Phi) is 9.79. The molecule has 0 radical (unpaired) electrons. The maximum absolute atomic E-state index is 5.89. The summed E-state index contributed by atoms with van der Waals surface area (Å²) in [5.41, 5.74) is 0.877. The van der Waals surface area contributed by atoms with Gasteiger partial charge in [-0.1, -0.05) is 11.6 Å². The molecule has 0 fully saturated rings. The lowest BCUT2D eigenvalue weighted by Crippen LogP contribution is -2.12. The molecule has 0 unspecified atom stereocenters. The number of benzene rings is 1. The minimum atomic E-state index is 0.365. The first-order valence-electron chi connectivity index (χ1n) is 6.39. The summed E-state index contributed by atoms with van der Waals surface area (Å²) in [6.45, 7) is 3.23. The van der Waals surface area contributed by atoms with Crippen LogP contribution in [0.15, 0.2) is 18.2 Å². The van der Waals surface area contributed by atoms with Gasteiger partial charge in [-0.2, -0.15) is 0 Å². The maximum atomic E-state index is 5.89. The van der Waals surface area contributed by atoms with E-state index in [4.69, 9.17) is 42.1 Å². The number of halogens is 2. The van der Waals surface area contributed by atoms with Crippen molar-refractivity contribution >= 4 is 23.2 Å². The van der Waals surface area contributed by atoms with Gasteiger partial charge in [0, 0.05) is 17.7 Å². The number of methoxy groups -OCH3 is 1. The van der Waals surface area contributed by atoms with Crippen molar-refractivity contribution in [2.24, 2.45) is 0 Å². The molecule has 0 aliphatic rings. The van der Waals surface area contributed by atoms with Crippen molar-refractivity contribution in [3.8, 4) is 5.75 Å². The SMILES string of the molecule is COCCOCCOCCOc1ccc(Cl)cc1CCl. The molecule has 0 aliphatic carbocycles. The highest BCUT2D eigenvalue weighted by molar-refractivity contribution is 6.30. The Hall–Kier alpha value is -0.520. The number of alkyl halides is 1. The van der Waals surface area contributed by atoms with E-state index in [0.29, 0.717) is 50.5 Å². The third-order valence-corrected chi connectivity index (χ3v) is 2.98. The van der Waals surface area contributed by atoms with Crippen LogP contribution in [-0.4, -0.2) is 46.8 Å². The summed E-state index contributed by atoms with van der Waals surface area (Å²) in [5.74, 6) is 1.11. The highest BCUT2D eigenvalue weighted by Gasteiger charge is 2.03. The molecular weight excluding hydrogens is 303 g/mol. The molecule has 1 aromatic rings. The van der Waals surface area contributed by atoms with Crippen molar-refractivity contribution in [3.05, 3.63) is 28.8 Å². The zero-order valence-electron chi connectivity index (χ0n) is 11.6. The van der Waals surface area contributed by atoms with Gasteiger partial charge in [0.15, 0.2) is 0 Å². The number of hydrogen-bond donors (Lipinski definition) is 0. The molecule has 4 nitrogen and oxygen atoms in total. The van der Waals surface area contributed by atoms with Gasteiger partial charge >= 0.3 is 0 Å². The van der Waals surface area contributed by atoms with Gasteiger partial charge in [-0.3, -0.25) is 0 Å². The zero-order chi connectivity index (χ0) is 14.6. The summed E-state index contributed by atoms with van der Waals surface area (Å²) < 4.78 is 21.1. The van der Waals surface area contributed by atoms with Crippen molar-refractivity contribution in [3.63, 3.8) is 0 Å². The average molecular weight is 323 g/mol. The monoisotopic (exact) mass is 322 g/mol. The van der Waals surface area contributed by atoms with Crippen molar-refractivity contribution in [2.75, 3.05) is 46.8 Å². The first-order valence-corrected chi connectivity index (χ1v) is 7.30. The summed E-state index contributed by atoms with van der Waals surface area (Å²) in [5, 5.41) is 0.650. The van der Waals surface area contributed by atoms with E-state index in [9.17, 15) is 0 Å². The maximum Gasteiger partial charge on any atom is 0.123 e. The van der Waals surface area contributed by atoms with E-state index in [2.05, 4.69) is 0 Å². The van der Waals surface area contributed by atoms with E-state index in [1.165, 1.54) is 0 Å². The van der Waals surface area contributed by atoms with Crippen LogP contribution in [0.3, 0.4) is 0 Å².